The predicted molar refractivity (Wildman–Crippen MR) is 121 cm³/mol. The van der Waals surface area contributed by atoms with Crippen LogP contribution in [0, 0.1) is 0 Å². The predicted octanol–water partition coefficient (Wildman–Crippen LogP) is 6.69. The first-order valence-corrected chi connectivity index (χ1v) is 18.5. The van der Waals surface area contributed by atoms with Crippen molar-refractivity contribution in [1.82, 2.24) is 0 Å². The van der Waals surface area contributed by atoms with Crippen LogP contribution in [0.15, 0.2) is 40.0 Å². The topological polar surface area (TPSA) is 35.5 Å². The molecule has 1 aromatic rings. The SMILES string of the molecule is CCC[CH2][Sn]([CH2]CCC)([CH2]CCC)/[C](=C/COCc1ccccc1)C(=O)OC. The van der Waals surface area contributed by atoms with Crippen LogP contribution in [0.2, 0.25) is 13.3 Å². The number of benzene rings is 1. The van der Waals surface area contributed by atoms with Crippen molar-refractivity contribution in [3.63, 3.8) is 0 Å². The molecule has 0 aliphatic rings. The Labute approximate surface area is 176 Å². The zero-order valence-electron chi connectivity index (χ0n) is 18.5. The molecule has 0 bridgehead atoms. The van der Waals surface area contributed by atoms with Gasteiger partial charge in [0, 0.05) is 0 Å². The second-order valence-corrected chi connectivity index (χ2v) is 20.8. The van der Waals surface area contributed by atoms with E-state index in [2.05, 4.69) is 39.0 Å². The molecule has 1 aromatic carbocycles. The van der Waals surface area contributed by atoms with E-state index >= 15 is 0 Å². The van der Waals surface area contributed by atoms with E-state index in [0.717, 1.165) is 9.15 Å². The standard InChI is InChI=1S/C12H13O3.3C4H9.Sn/c1-14-12(13)8-5-9-15-10-11-6-3-2-4-7-11;3*1-3-4-2;/h2-7H,9-10H2,1H3;3*1,3-4H2,2H3;. The third kappa shape index (κ3) is 8.69. The average molecular weight is 495 g/mol. The monoisotopic (exact) mass is 496 g/mol. The van der Waals surface area contributed by atoms with E-state index in [-0.39, 0.29) is 5.97 Å². The normalized spacial score (nSPS) is 12.2. The molecular weight excluding hydrogens is 455 g/mol. The number of hydrogen-bond acceptors (Lipinski definition) is 3. The molecule has 1 rings (SSSR count). The van der Waals surface area contributed by atoms with E-state index in [0.29, 0.717) is 13.2 Å². The fourth-order valence-electron chi connectivity index (χ4n) is 3.84. The zero-order valence-corrected chi connectivity index (χ0v) is 21.3. The van der Waals surface area contributed by atoms with E-state index in [1.165, 1.54) is 58.9 Å². The summed E-state index contributed by atoms with van der Waals surface area (Å²) < 4.78 is 16.0. The van der Waals surface area contributed by atoms with Gasteiger partial charge in [-0.15, -0.1) is 0 Å². The Hall–Kier alpha value is -0.811. The first-order valence-electron chi connectivity index (χ1n) is 11.0. The maximum absolute atomic E-state index is 12.8. The number of esters is 1. The van der Waals surface area contributed by atoms with Crippen molar-refractivity contribution in [2.45, 2.75) is 79.2 Å². The van der Waals surface area contributed by atoms with Gasteiger partial charge < -0.3 is 0 Å². The third-order valence-electron chi connectivity index (χ3n) is 5.52. The van der Waals surface area contributed by atoms with Gasteiger partial charge in [-0.2, -0.15) is 0 Å². The Morgan fingerprint density at radius 1 is 0.929 bits per heavy atom. The number of ether oxygens (including phenoxy) is 2. The molecule has 0 aliphatic heterocycles. The quantitative estimate of drug-likeness (QED) is 0.118. The first-order chi connectivity index (χ1) is 13.6. The van der Waals surface area contributed by atoms with Crippen LogP contribution >= 0.6 is 0 Å². The van der Waals surface area contributed by atoms with Crippen LogP contribution in [0.1, 0.15) is 64.9 Å². The second-order valence-electron chi connectivity index (χ2n) is 7.70. The van der Waals surface area contributed by atoms with Crippen molar-refractivity contribution in [2.75, 3.05) is 13.7 Å². The fourth-order valence-corrected chi connectivity index (χ4v) is 20.1. The third-order valence-corrected chi connectivity index (χ3v) is 21.2. The van der Waals surface area contributed by atoms with Gasteiger partial charge >= 0.3 is 177 Å². The number of hydrogen-bond donors (Lipinski definition) is 0. The summed E-state index contributed by atoms with van der Waals surface area (Å²) >= 11 is -2.82. The Morgan fingerprint density at radius 3 is 1.93 bits per heavy atom. The molecule has 0 heterocycles. The molecule has 0 spiro atoms. The minimum absolute atomic E-state index is 0.0950. The van der Waals surface area contributed by atoms with E-state index in [1.807, 2.05) is 18.2 Å². The van der Waals surface area contributed by atoms with E-state index in [1.54, 1.807) is 0 Å². The van der Waals surface area contributed by atoms with Gasteiger partial charge in [-0.3, -0.25) is 0 Å². The summed E-state index contributed by atoms with van der Waals surface area (Å²) in [7, 11) is 1.52. The molecular formula is C24H40O3Sn. The summed E-state index contributed by atoms with van der Waals surface area (Å²) in [6.45, 7) is 7.82. The number of methoxy groups -OCH3 is 1. The summed E-state index contributed by atoms with van der Waals surface area (Å²) in [6, 6.07) is 10.2. The molecule has 0 saturated heterocycles. The van der Waals surface area contributed by atoms with Crippen LogP contribution in [0.5, 0.6) is 0 Å². The Balaban J connectivity index is 3.02. The Kier molecular flexibility index (Phi) is 13.6. The van der Waals surface area contributed by atoms with Crippen LogP contribution in [0.25, 0.3) is 0 Å². The van der Waals surface area contributed by atoms with Crippen LogP contribution in [0.3, 0.4) is 0 Å². The van der Waals surface area contributed by atoms with Gasteiger partial charge in [-0.05, 0) is 0 Å². The summed E-state index contributed by atoms with van der Waals surface area (Å²) in [5, 5.41) is 0. The average Bonchev–Trinajstić information content (AvgIpc) is 2.74. The Bertz CT molecular complexity index is 547. The van der Waals surface area contributed by atoms with Crippen molar-refractivity contribution in [3.05, 3.63) is 45.6 Å². The molecule has 158 valence electrons. The molecule has 0 radical (unpaired) electrons. The number of unbranched alkanes of at least 4 members (excludes halogenated alkanes) is 3. The summed E-state index contributed by atoms with van der Waals surface area (Å²) in [6.07, 6.45) is 9.33. The van der Waals surface area contributed by atoms with Gasteiger partial charge in [0.2, 0.25) is 0 Å². The molecule has 28 heavy (non-hydrogen) atoms. The van der Waals surface area contributed by atoms with Gasteiger partial charge in [-0.25, -0.2) is 0 Å². The minimum atomic E-state index is -2.82. The van der Waals surface area contributed by atoms with E-state index in [9.17, 15) is 4.79 Å². The van der Waals surface area contributed by atoms with Crippen molar-refractivity contribution in [1.29, 1.82) is 0 Å². The maximum atomic E-state index is 12.8. The summed E-state index contributed by atoms with van der Waals surface area (Å²) in [5.41, 5.74) is 1.16. The fraction of sp³-hybridized carbons (Fsp3) is 0.625. The molecule has 4 heteroatoms. The number of carbonyl (C=O) groups is 1. The van der Waals surface area contributed by atoms with Gasteiger partial charge in [-0.1, -0.05) is 0 Å². The van der Waals surface area contributed by atoms with Crippen molar-refractivity contribution >= 4 is 24.3 Å². The van der Waals surface area contributed by atoms with Crippen molar-refractivity contribution < 1.29 is 14.3 Å². The molecule has 3 nitrogen and oxygen atoms in total. The van der Waals surface area contributed by atoms with Gasteiger partial charge in [0.1, 0.15) is 0 Å². The van der Waals surface area contributed by atoms with Crippen LogP contribution in [-0.2, 0) is 20.9 Å². The number of carbonyl (C=O) groups excluding carboxylic acids is 1. The first kappa shape index (κ1) is 25.2. The molecule has 0 aromatic heterocycles. The molecule has 0 unspecified atom stereocenters. The molecule has 0 atom stereocenters. The van der Waals surface area contributed by atoms with Crippen LogP contribution in [-0.4, -0.2) is 38.1 Å². The van der Waals surface area contributed by atoms with Crippen molar-refractivity contribution in [2.24, 2.45) is 0 Å². The number of rotatable bonds is 15. The second kappa shape index (κ2) is 15.1. The van der Waals surface area contributed by atoms with Crippen LogP contribution < -0.4 is 0 Å². The van der Waals surface area contributed by atoms with E-state index in [4.69, 9.17) is 9.47 Å². The van der Waals surface area contributed by atoms with Crippen molar-refractivity contribution in [3.8, 4) is 0 Å². The van der Waals surface area contributed by atoms with Crippen LogP contribution in [0.4, 0.5) is 0 Å². The molecule has 0 saturated carbocycles. The van der Waals surface area contributed by atoms with E-state index < -0.39 is 18.4 Å². The summed E-state index contributed by atoms with van der Waals surface area (Å²) in [5.74, 6) is -0.0950. The molecule has 0 amide bonds. The van der Waals surface area contributed by atoms with Gasteiger partial charge in [0.25, 0.3) is 0 Å². The van der Waals surface area contributed by atoms with Gasteiger partial charge in [0.15, 0.2) is 0 Å². The zero-order chi connectivity index (χ0) is 20.7. The molecule has 0 N–H and O–H groups in total. The summed E-state index contributed by atoms with van der Waals surface area (Å²) in [4.78, 5) is 12.8. The Morgan fingerprint density at radius 2 is 1.46 bits per heavy atom. The van der Waals surface area contributed by atoms with Gasteiger partial charge in [0.05, 0.1) is 0 Å². The molecule has 0 fully saturated rings. The molecule has 0 aliphatic carbocycles.